The lowest BCUT2D eigenvalue weighted by atomic mass is 10.0. The molecule has 2 aromatic carbocycles. The quantitative estimate of drug-likeness (QED) is 0.746. The molecule has 3 nitrogen and oxygen atoms in total. The summed E-state index contributed by atoms with van der Waals surface area (Å²) in [6.07, 6.45) is 0. The fraction of sp³-hybridized carbons (Fsp3) is 0.250. The number of methoxy groups -OCH3 is 3. The summed E-state index contributed by atoms with van der Waals surface area (Å²) in [7, 11) is 4.72. The topological polar surface area (TPSA) is 27.7 Å². The number of benzene rings is 2. The fourth-order valence-electron chi connectivity index (χ4n) is 2.16. The molecule has 0 aliphatic rings. The molecule has 0 heterocycles. The van der Waals surface area contributed by atoms with E-state index in [9.17, 15) is 0 Å². The van der Waals surface area contributed by atoms with Crippen LogP contribution in [0.25, 0.3) is 0 Å². The molecule has 0 N–H and O–H groups in total. The molecule has 0 bridgehead atoms. The number of hydrogen-bond donors (Lipinski definition) is 0. The number of hydrogen-bond acceptors (Lipinski definition) is 3. The van der Waals surface area contributed by atoms with Gasteiger partial charge < -0.3 is 14.2 Å². The molecule has 0 radical (unpaired) electrons. The van der Waals surface area contributed by atoms with Gasteiger partial charge in [-0.2, -0.15) is 0 Å². The zero-order valence-corrected chi connectivity index (χ0v) is 13.5. The Balaban J connectivity index is 2.53. The van der Waals surface area contributed by atoms with Crippen molar-refractivity contribution in [2.24, 2.45) is 0 Å². The highest BCUT2D eigenvalue weighted by molar-refractivity contribution is 6.34. The molecule has 0 saturated carbocycles. The van der Waals surface area contributed by atoms with Crippen molar-refractivity contribution in [3.63, 3.8) is 0 Å². The maximum absolute atomic E-state index is 6.61. The maximum Gasteiger partial charge on any atom is 0.146 e. The standard InChI is InChI=1S/C16H16Cl2O3/c1-19-12-7-5-4-6-10(12)14(17)11-8-9-13(20-2)15(18)16(11)21-3/h4-9,14H,1-3H3. The van der Waals surface area contributed by atoms with Gasteiger partial charge in [0.25, 0.3) is 0 Å². The summed E-state index contributed by atoms with van der Waals surface area (Å²) < 4.78 is 15.9. The summed E-state index contributed by atoms with van der Waals surface area (Å²) in [6.45, 7) is 0. The minimum atomic E-state index is -0.445. The van der Waals surface area contributed by atoms with Crippen molar-refractivity contribution >= 4 is 23.2 Å². The number of para-hydroxylation sites is 1. The highest BCUT2D eigenvalue weighted by atomic mass is 35.5. The van der Waals surface area contributed by atoms with Crippen molar-refractivity contribution in [3.05, 3.63) is 52.5 Å². The molecular formula is C16H16Cl2O3. The van der Waals surface area contributed by atoms with Crippen LogP contribution in [0.5, 0.6) is 17.2 Å². The van der Waals surface area contributed by atoms with Crippen LogP contribution in [0.15, 0.2) is 36.4 Å². The summed E-state index contributed by atoms with van der Waals surface area (Å²) in [5, 5.41) is -0.0439. The van der Waals surface area contributed by atoms with Gasteiger partial charge >= 0.3 is 0 Å². The minimum absolute atomic E-state index is 0.401. The largest absolute Gasteiger partial charge is 0.496 e. The molecule has 0 aliphatic carbocycles. The van der Waals surface area contributed by atoms with E-state index in [-0.39, 0.29) is 0 Å². The average Bonchev–Trinajstić information content (AvgIpc) is 2.53. The van der Waals surface area contributed by atoms with E-state index in [0.717, 1.165) is 11.1 Å². The average molecular weight is 327 g/mol. The molecule has 0 aliphatic heterocycles. The molecule has 0 amide bonds. The molecule has 0 saturated heterocycles. The van der Waals surface area contributed by atoms with Gasteiger partial charge in [-0.05, 0) is 18.2 Å². The van der Waals surface area contributed by atoms with Gasteiger partial charge in [0.1, 0.15) is 22.3 Å². The second-order valence-electron chi connectivity index (χ2n) is 4.31. The van der Waals surface area contributed by atoms with Gasteiger partial charge in [0, 0.05) is 11.1 Å². The number of rotatable bonds is 5. The third-order valence-corrected chi connectivity index (χ3v) is 4.03. The first-order valence-electron chi connectivity index (χ1n) is 6.31. The molecule has 0 aromatic heterocycles. The Hall–Kier alpha value is -1.58. The second kappa shape index (κ2) is 6.92. The van der Waals surface area contributed by atoms with Gasteiger partial charge in [0.15, 0.2) is 0 Å². The second-order valence-corrected chi connectivity index (χ2v) is 5.12. The lowest BCUT2D eigenvalue weighted by molar-refractivity contribution is 0.391. The van der Waals surface area contributed by atoms with E-state index in [4.69, 9.17) is 37.4 Å². The van der Waals surface area contributed by atoms with Crippen LogP contribution < -0.4 is 14.2 Å². The minimum Gasteiger partial charge on any atom is -0.496 e. The highest BCUT2D eigenvalue weighted by Crippen LogP contribution is 2.44. The van der Waals surface area contributed by atoms with Crippen molar-refractivity contribution in [2.45, 2.75) is 5.38 Å². The molecule has 1 atom stereocenters. The van der Waals surface area contributed by atoms with Crippen molar-refractivity contribution in [3.8, 4) is 17.2 Å². The zero-order valence-electron chi connectivity index (χ0n) is 12.0. The predicted octanol–water partition coefficient (Wildman–Crippen LogP) is 4.69. The van der Waals surface area contributed by atoms with Gasteiger partial charge in [-0.1, -0.05) is 29.8 Å². The van der Waals surface area contributed by atoms with Crippen LogP contribution in [0.1, 0.15) is 16.5 Å². The van der Waals surface area contributed by atoms with E-state index in [1.54, 1.807) is 27.4 Å². The van der Waals surface area contributed by atoms with Crippen LogP contribution in [0.4, 0.5) is 0 Å². The summed E-state index contributed by atoms with van der Waals surface area (Å²) in [4.78, 5) is 0. The molecule has 2 rings (SSSR count). The van der Waals surface area contributed by atoms with Gasteiger partial charge in [-0.25, -0.2) is 0 Å². The third kappa shape index (κ3) is 3.04. The van der Waals surface area contributed by atoms with Gasteiger partial charge in [0.2, 0.25) is 0 Å². The van der Waals surface area contributed by atoms with E-state index in [0.29, 0.717) is 22.3 Å². The van der Waals surface area contributed by atoms with Crippen molar-refractivity contribution in [1.82, 2.24) is 0 Å². The van der Waals surface area contributed by atoms with Crippen LogP contribution >= 0.6 is 23.2 Å². The Morgan fingerprint density at radius 3 is 2.10 bits per heavy atom. The number of halogens is 2. The molecule has 1 unspecified atom stereocenters. The van der Waals surface area contributed by atoms with E-state index in [2.05, 4.69) is 0 Å². The Morgan fingerprint density at radius 1 is 0.810 bits per heavy atom. The van der Waals surface area contributed by atoms with Crippen LogP contribution in [-0.2, 0) is 0 Å². The Morgan fingerprint density at radius 2 is 1.48 bits per heavy atom. The third-order valence-electron chi connectivity index (χ3n) is 3.20. The Labute approximate surface area is 134 Å². The van der Waals surface area contributed by atoms with E-state index in [1.807, 2.05) is 30.3 Å². The van der Waals surface area contributed by atoms with Crippen LogP contribution in [0.2, 0.25) is 5.02 Å². The van der Waals surface area contributed by atoms with Crippen LogP contribution in [0, 0.1) is 0 Å². The Kier molecular flexibility index (Phi) is 5.21. The summed E-state index contributed by atoms with van der Waals surface area (Å²) in [5.41, 5.74) is 1.61. The first-order valence-corrected chi connectivity index (χ1v) is 7.12. The normalized spacial score (nSPS) is 11.9. The fourth-order valence-corrected chi connectivity index (χ4v) is 2.84. The SMILES string of the molecule is COc1ccccc1C(Cl)c1ccc(OC)c(Cl)c1OC. The molecule has 2 aromatic rings. The van der Waals surface area contributed by atoms with Crippen molar-refractivity contribution < 1.29 is 14.2 Å². The maximum atomic E-state index is 6.61. The van der Waals surface area contributed by atoms with Crippen molar-refractivity contribution in [2.75, 3.05) is 21.3 Å². The molecule has 21 heavy (non-hydrogen) atoms. The van der Waals surface area contributed by atoms with Gasteiger partial charge in [-0.15, -0.1) is 11.6 Å². The number of alkyl halides is 1. The lowest BCUT2D eigenvalue weighted by Crippen LogP contribution is -2.01. The lowest BCUT2D eigenvalue weighted by Gasteiger charge is -2.18. The molecular weight excluding hydrogens is 311 g/mol. The number of ether oxygens (including phenoxy) is 3. The monoisotopic (exact) mass is 326 g/mol. The molecule has 112 valence electrons. The van der Waals surface area contributed by atoms with E-state index in [1.165, 1.54) is 0 Å². The summed E-state index contributed by atoms with van der Waals surface area (Å²) in [5.74, 6) is 1.76. The summed E-state index contributed by atoms with van der Waals surface area (Å²) >= 11 is 12.9. The highest BCUT2D eigenvalue weighted by Gasteiger charge is 2.22. The first-order chi connectivity index (χ1) is 10.1. The van der Waals surface area contributed by atoms with Crippen LogP contribution in [0.3, 0.4) is 0 Å². The van der Waals surface area contributed by atoms with Gasteiger partial charge in [-0.3, -0.25) is 0 Å². The van der Waals surface area contributed by atoms with E-state index < -0.39 is 5.38 Å². The molecule has 5 heteroatoms. The van der Waals surface area contributed by atoms with Gasteiger partial charge in [0.05, 0.1) is 26.7 Å². The smallest absolute Gasteiger partial charge is 0.146 e. The zero-order chi connectivity index (χ0) is 15.4. The van der Waals surface area contributed by atoms with E-state index >= 15 is 0 Å². The molecule has 0 fully saturated rings. The first kappa shape index (κ1) is 15.8. The predicted molar refractivity (Wildman–Crippen MR) is 85.2 cm³/mol. The Bertz CT molecular complexity index is 629. The summed E-state index contributed by atoms with van der Waals surface area (Å²) in [6, 6.07) is 11.2. The van der Waals surface area contributed by atoms with Crippen molar-refractivity contribution in [1.29, 1.82) is 0 Å². The molecule has 0 spiro atoms. The van der Waals surface area contributed by atoms with Crippen LogP contribution in [-0.4, -0.2) is 21.3 Å².